The third-order valence-corrected chi connectivity index (χ3v) is 8.20. The molecule has 4 nitrogen and oxygen atoms in total. The Balaban J connectivity index is 1.41. The van der Waals surface area contributed by atoms with Crippen LogP contribution in [0.2, 0.25) is 0 Å². The van der Waals surface area contributed by atoms with E-state index in [1.807, 2.05) is 6.07 Å². The normalized spacial score (nSPS) is 25.5. The number of carbonyl (C=O) groups excluding carboxylic acids is 1. The van der Waals surface area contributed by atoms with E-state index in [0.29, 0.717) is 23.9 Å². The van der Waals surface area contributed by atoms with Gasteiger partial charge in [0.15, 0.2) is 0 Å². The van der Waals surface area contributed by atoms with Gasteiger partial charge in [0.25, 0.3) is 0 Å². The predicted molar refractivity (Wildman–Crippen MR) is 128 cm³/mol. The molecule has 1 spiro atoms. The minimum Gasteiger partial charge on any atom is -0.339 e. The number of benzene rings is 1. The smallest absolute Gasteiger partial charge is 0.229 e. The molecular weight excluding hydrogens is 401 g/mol. The first-order valence-corrected chi connectivity index (χ1v) is 12.8. The summed E-state index contributed by atoms with van der Waals surface area (Å²) in [6.07, 6.45) is 6.14. The second-order valence-corrected chi connectivity index (χ2v) is 11.2. The van der Waals surface area contributed by atoms with Crippen LogP contribution in [0, 0.1) is 17.2 Å². The summed E-state index contributed by atoms with van der Waals surface area (Å²) in [5.74, 6) is 0.617. The largest absolute Gasteiger partial charge is 0.339 e. The van der Waals surface area contributed by atoms with Gasteiger partial charge in [-0.3, -0.25) is 4.79 Å². The van der Waals surface area contributed by atoms with Gasteiger partial charge in [-0.25, -0.2) is 4.39 Å². The molecule has 1 aromatic carbocycles. The molecule has 4 rings (SSSR count). The van der Waals surface area contributed by atoms with Gasteiger partial charge < -0.3 is 14.7 Å². The van der Waals surface area contributed by atoms with Crippen molar-refractivity contribution in [3.63, 3.8) is 0 Å². The van der Waals surface area contributed by atoms with Crippen molar-refractivity contribution in [1.82, 2.24) is 14.7 Å². The van der Waals surface area contributed by atoms with Crippen molar-refractivity contribution < 1.29 is 9.18 Å². The first kappa shape index (κ1) is 23.7. The second-order valence-electron chi connectivity index (χ2n) is 11.2. The summed E-state index contributed by atoms with van der Waals surface area (Å²) in [7, 11) is 0. The van der Waals surface area contributed by atoms with Crippen LogP contribution in [0.15, 0.2) is 24.3 Å². The minimum atomic E-state index is -0.206. The van der Waals surface area contributed by atoms with E-state index in [9.17, 15) is 9.18 Å². The van der Waals surface area contributed by atoms with Crippen molar-refractivity contribution in [2.45, 2.75) is 84.3 Å². The van der Waals surface area contributed by atoms with Crippen molar-refractivity contribution >= 4 is 5.91 Å². The Morgan fingerprint density at radius 1 is 1.06 bits per heavy atom. The molecule has 0 aliphatic carbocycles. The van der Waals surface area contributed by atoms with E-state index in [0.717, 1.165) is 50.9 Å². The molecule has 3 heterocycles. The predicted octanol–water partition coefficient (Wildman–Crippen LogP) is 4.58. The van der Waals surface area contributed by atoms with E-state index in [2.05, 4.69) is 42.4 Å². The van der Waals surface area contributed by atoms with Crippen LogP contribution in [-0.4, -0.2) is 71.5 Å². The van der Waals surface area contributed by atoms with Crippen molar-refractivity contribution in [3.8, 4) is 0 Å². The Hall–Kier alpha value is -1.46. The zero-order valence-corrected chi connectivity index (χ0v) is 20.5. The molecule has 3 fully saturated rings. The van der Waals surface area contributed by atoms with Crippen molar-refractivity contribution in [3.05, 3.63) is 35.6 Å². The molecule has 1 unspecified atom stereocenters. The van der Waals surface area contributed by atoms with Crippen molar-refractivity contribution in [2.75, 3.05) is 32.7 Å². The van der Waals surface area contributed by atoms with E-state index in [1.165, 1.54) is 32.0 Å². The highest BCUT2D eigenvalue weighted by Gasteiger charge is 2.52. The van der Waals surface area contributed by atoms with Crippen LogP contribution >= 0.6 is 0 Å². The molecule has 3 saturated heterocycles. The molecule has 1 atom stereocenters. The molecule has 3 aliphatic heterocycles. The standard InChI is InChI=1S/C27H42FN3O/c1-20(2)19-31-25(17-22-6-5-7-23(28)16-22)18-27(26(31)32)10-14-30(15-11-27)24-8-12-29(13-9-24)21(3)4/h5-7,16,20-21,24-25H,8-15,17-19H2,1-4H3. The molecule has 1 amide bonds. The number of nitrogens with zero attached hydrogens (tertiary/aromatic N) is 3. The lowest BCUT2D eigenvalue weighted by Gasteiger charge is -2.45. The number of rotatable bonds is 6. The highest BCUT2D eigenvalue weighted by molar-refractivity contribution is 5.85. The Kier molecular flexibility index (Phi) is 7.26. The molecule has 32 heavy (non-hydrogen) atoms. The van der Waals surface area contributed by atoms with E-state index in [-0.39, 0.29) is 17.3 Å². The topological polar surface area (TPSA) is 26.8 Å². The highest BCUT2D eigenvalue weighted by Crippen LogP contribution is 2.46. The van der Waals surface area contributed by atoms with E-state index in [4.69, 9.17) is 0 Å². The number of hydrogen-bond donors (Lipinski definition) is 0. The maximum atomic E-state index is 13.8. The number of halogens is 1. The highest BCUT2D eigenvalue weighted by atomic mass is 19.1. The summed E-state index contributed by atoms with van der Waals surface area (Å²) in [6.45, 7) is 14.2. The maximum absolute atomic E-state index is 13.8. The Morgan fingerprint density at radius 2 is 1.75 bits per heavy atom. The number of amides is 1. The molecule has 0 N–H and O–H groups in total. The third kappa shape index (κ3) is 5.04. The molecular formula is C27H42FN3O. The van der Waals surface area contributed by atoms with Crippen molar-refractivity contribution in [2.24, 2.45) is 11.3 Å². The van der Waals surface area contributed by atoms with Crippen LogP contribution in [0.5, 0.6) is 0 Å². The second kappa shape index (κ2) is 9.80. The van der Waals surface area contributed by atoms with Gasteiger partial charge >= 0.3 is 0 Å². The quantitative estimate of drug-likeness (QED) is 0.644. The summed E-state index contributed by atoms with van der Waals surface area (Å²) in [4.78, 5) is 21.1. The number of likely N-dealkylation sites (tertiary alicyclic amines) is 3. The monoisotopic (exact) mass is 443 g/mol. The minimum absolute atomic E-state index is 0.186. The molecule has 3 aliphatic rings. The third-order valence-electron chi connectivity index (χ3n) is 8.20. The first-order chi connectivity index (χ1) is 15.3. The Morgan fingerprint density at radius 3 is 2.34 bits per heavy atom. The van der Waals surface area contributed by atoms with E-state index in [1.54, 1.807) is 12.1 Å². The summed E-state index contributed by atoms with van der Waals surface area (Å²) in [6, 6.07) is 8.42. The van der Waals surface area contributed by atoms with Gasteiger partial charge in [0.1, 0.15) is 5.82 Å². The Bertz CT molecular complexity index is 779. The number of carbonyl (C=O) groups is 1. The molecule has 178 valence electrons. The summed E-state index contributed by atoms with van der Waals surface area (Å²) in [5, 5.41) is 0. The lowest BCUT2D eigenvalue weighted by molar-refractivity contribution is -0.140. The van der Waals surface area contributed by atoms with E-state index < -0.39 is 0 Å². The van der Waals surface area contributed by atoms with Gasteiger partial charge in [-0.2, -0.15) is 0 Å². The summed E-state index contributed by atoms with van der Waals surface area (Å²) >= 11 is 0. The zero-order chi connectivity index (χ0) is 22.9. The lowest BCUT2D eigenvalue weighted by atomic mass is 9.75. The fourth-order valence-corrected chi connectivity index (χ4v) is 6.37. The van der Waals surface area contributed by atoms with Crippen molar-refractivity contribution in [1.29, 1.82) is 0 Å². The van der Waals surface area contributed by atoms with Gasteiger partial charge in [0.2, 0.25) is 5.91 Å². The number of hydrogen-bond acceptors (Lipinski definition) is 3. The van der Waals surface area contributed by atoms with Gasteiger partial charge in [-0.15, -0.1) is 0 Å². The van der Waals surface area contributed by atoms with Crippen LogP contribution in [0.3, 0.4) is 0 Å². The lowest BCUT2D eigenvalue weighted by Crippen LogP contribution is -2.52. The number of piperidine rings is 2. The van der Waals surface area contributed by atoms with Crippen LogP contribution in [0.25, 0.3) is 0 Å². The fraction of sp³-hybridized carbons (Fsp3) is 0.741. The zero-order valence-electron chi connectivity index (χ0n) is 20.5. The fourth-order valence-electron chi connectivity index (χ4n) is 6.37. The van der Waals surface area contributed by atoms with Crippen LogP contribution in [0.1, 0.15) is 65.4 Å². The van der Waals surface area contributed by atoms with Gasteiger partial charge in [0, 0.05) is 24.7 Å². The summed E-state index contributed by atoms with van der Waals surface area (Å²) in [5.41, 5.74) is 0.796. The van der Waals surface area contributed by atoms with E-state index >= 15 is 0 Å². The molecule has 0 radical (unpaired) electrons. The average Bonchev–Trinajstić information content (AvgIpc) is 2.99. The molecule has 1 aromatic rings. The summed E-state index contributed by atoms with van der Waals surface area (Å²) < 4.78 is 13.8. The van der Waals surface area contributed by atoms with Crippen LogP contribution in [-0.2, 0) is 11.2 Å². The SMILES string of the molecule is CC(C)CN1C(=O)C2(CCN(C3CCN(C(C)C)CC3)CC2)CC1Cc1cccc(F)c1. The van der Waals surface area contributed by atoms with Gasteiger partial charge in [-0.1, -0.05) is 26.0 Å². The van der Waals surface area contributed by atoms with Crippen LogP contribution < -0.4 is 0 Å². The van der Waals surface area contributed by atoms with Gasteiger partial charge in [0.05, 0.1) is 5.41 Å². The molecule has 0 saturated carbocycles. The van der Waals surface area contributed by atoms with Gasteiger partial charge in [-0.05, 0) is 102 Å². The maximum Gasteiger partial charge on any atom is 0.229 e. The Labute approximate surface area is 194 Å². The molecule has 5 heteroatoms. The van der Waals surface area contributed by atoms with Crippen LogP contribution in [0.4, 0.5) is 4.39 Å². The first-order valence-electron chi connectivity index (χ1n) is 12.8. The molecule has 0 bridgehead atoms. The molecule has 0 aromatic heterocycles. The average molecular weight is 444 g/mol.